The lowest BCUT2D eigenvalue weighted by Gasteiger charge is -2.25. The number of oxazole rings is 1. The molecule has 2 fully saturated rings. The highest BCUT2D eigenvalue weighted by molar-refractivity contribution is 5.97. The predicted octanol–water partition coefficient (Wildman–Crippen LogP) is 2.73. The second kappa shape index (κ2) is 7.63. The molecule has 1 aliphatic carbocycles. The number of benzene rings is 1. The van der Waals surface area contributed by atoms with Crippen molar-refractivity contribution in [3.05, 3.63) is 52.2 Å². The Hall–Kier alpha value is -3.40. The van der Waals surface area contributed by atoms with Gasteiger partial charge in [0.15, 0.2) is 18.0 Å². The number of pyridine rings is 1. The summed E-state index contributed by atoms with van der Waals surface area (Å²) in [5, 5.41) is 20.0. The number of nitrogens with zero attached hydrogens (tertiary/aromatic N) is 3. The third-order valence-corrected chi connectivity index (χ3v) is 6.31. The van der Waals surface area contributed by atoms with Crippen LogP contribution in [0.15, 0.2) is 34.1 Å². The van der Waals surface area contributed by atoms with Gasteiger partial charge in [-0.05, 0) is 25.3 Å². The number of carboxylic acids is 1. The lowest BCUT2D eigenvalue weighted by Crippen LogP contribution is -2.25. The minimum atomic E-state index is -1.35. The average Bonchev–Trinajstić information content (AvgIpc) is 3.25. The molecule has 2 aromatic heterocycles. The molecule has 1 saturated heterocycles. The highest BCUT2D eigenvalue weighted by atomic mass is 19.1. The molecule has 32 heavy (non-hydrogen) atoms. The molecule has 3 heterocycles. The molecule has 1 aromatic carbocycles. The standard InChI is InChI=1S/C22H22FN3O6/c1-31-21-17-13(20(28)14(22(29)30)8-26(17)12-2-3-12)6-15(23)18(21)25-5-4-11(7-25)19(27)16-9-32-10-24-16/h6,8-12,19,27H,2-5,7H2,1H3,(H,29,30). The van der Waals surface area contributed by atoms with Crippen molar-refractivity contribution in [2.24, 2.45) is 5.92 Å². The number of hydrogen-bond acceptors (Lipinski definition) is 7. The normalized spacial score (nSPS) is 19.5. The number of carboxylic acid groups (broad SMARTS) is 1. The number of aliphatic hydroxyl groups excluding tert-OH is 1. The van der Waals surface area contributed by atoms with Crippen molar-refractivity contribution in [1.29, 1.82) is 0 Å². The van der Waals surface area contributed by atoms with E-state index in [0.717, 1.165) is 18.9 Å². The van der Waals surface area contributed by atoms with Gasteiger partial charge in [-0.3, -0.25) is 4.79 Å². The summed E-state index contributed by atoms with van der Waals surface area (Å²) in [7, 11) is 1.41. The first-order valence-corrected chi connectivity index (χ1v) is 10.4. The molecule has 2 atom stereocenters. The maximum atomic E-state index is 15.4. The molecule has 2 N–H and O–H groups in total. The number of aliphatic hydroxyl groups is 1. The van der Waals surface area contributed by atoms with Crippen LogP contribution in [0, 0.1) is 11.7 Å². The maximum Gasteiger partial charge on any atom is 0.341 e. The van der Waals surface area contributed by atoms with Crippen LogP contribution >= 0.6 is 0 Å². The Morgan fingerprint density at radius 2 is 2.16 bits per heavy atom. The van der Waals surface area contributed by atoms with E-state index in [1.165, 1.54) is 26.0 Å². The third-order valence-electron chi connectivity index (χ3n) is 6.31. The topological polar surface area (TPSA) is 118 Å². The van der Waals surface area contributed by atoms with Gasteiger partial charge in [-0.25, -0.2) is 14.2 Å². The van der Waals surface area contributed by atoms with Gasteiger partial charge in [0.05, 0.1) is 18.0 Å². The number of aromatic carboxylic acids is 1. The Labute approximate surface area is 181 Å². The second-order valence-electron chi connectivity index (χ2n) is 8.30. The van der Waals surface area contributed by atoms with Crippen LogP contribution < -0.4 is 15.1 Å². The van der Waals surface area contributed by atoms with Crippen LogP contribution in [0.5, 0.6) is 5.75 Å². The molecular weight excluding hydrogens is 421 g/mol. The Bertz CT molecular complexity index is 1250. The molecule has 9 nitrogen and oxygen atoms in total. The second-order valence-corrected chi connectivity index (χ2v) is 8.30. The number of fused-ring (bicyclic) bond motifs is 1. The highest BCUT2D eigenvalue weighted by Gasteiger charge is 2.35. The summed E-state index contributed by atoms with van der Waals surface area (Å²) in [5.41, 5.74) is -0.121. The van der Waals surface area contributed by atoms with Crippen LogP contribution in [-0.2, 0) is 0 Å². The van der Waals surface area contributed by atoms with Gasteiger partial charge in [0.1, 0.15) is 29.3 Å². The largest absolute Gasteiger partial charge is 0.492 e. The predicted molar refractivity (Wildman–Crippen MR) is 112 cm³/mol. The molecule has 1 aliphatic heterocycles. The van der Waals surface area contributed by atoms with Crippen LogP contribution in [-0.4, -0.2) is 45.9 Å². The van der Waals surface area contributed by atoms with Gasteiger partial charge in [0.25, 0.3) is 0 Å². The fraction of sp³-hybridized carbons (Fsp3) is 0.409. The Kier molecular flexibility index (Phi) is 4.89. The minimum Gasteiger partial charge on any atom is -0.492 e. The maximum absolute atomic E-state index is 15.4. The van der Waals surface area contributed by atoms with Gasteiger partial charge >= 0.3 is 5.97 Å². The van der Waals surface area contributed by atoms with Crippen LogP contribution in [0.4, 0.5) is 10.1 Å². The summed E-state index contributed by atoms with van der Waals surface area (Å²) in [4.78, 5) is 30.2. The number of ether oxygens (including phenoxy) is 1. The van der Waals surface area contributed by atoms with Crippen molar-refractivity contribution >= 4 is 22.6 Å². The van der Waals surface area contributed by atoms with Crippen molar-refractivity contribution in [1.82, 2.24) is 9.55 Å². The van der Waals surface area contributed by atoms with Crippen molar-refractivity contribution in [3.8, 4) is 5.75 Å². The summed E-state index contributed by atoms with van der Waals surface area (Å²) in [6, 6.07) is 1.13. The third kappa shape index (κ3) is 3.22. The molecular formula is C22H22FN3O6. The number of methoxy groups -OCH3 is 1. The van der Waals surface area contributed by atoms with Crippen molar-refractivity contribution < 1.29 is 28.6 Å². The zero-order valence-corrected chi connectivity index (χ0v) is 17.3. The van der Waals surface area contributed by atoms with Crippen molar-refractivity contribution in [2.45, 2.75) is 31.4 Å². The Morgan fingerprint density at radius 3 is 2.78 bits per heavy atom. The number of carbonyl (C=O) groups is 1. The van der Waals surface area contributed by atoms with Crippen LogP contribution in [0.2, 0.25) is 0 Å². The molecule has 0 radical (unpaired) electrons. The molecule has 0 amide bonds. The monoisotopic (exact) mass is 443 g/mol. The number of halogens is 1. The first-order valence-electron chi connectivity index (χ1n) is 10.4. The number of aromatic nitrogens is 2. The smallest absolute Gasteiger partial charge is 0.341 e. The van der Waals surface area contributed by atoms with Gasteiger partial charge in [-0.1, -0.05) is 0 Å². The molecule has 10 heteroatoms. The van der Waals surface area contributed by atoms with E-state index in [1.54, 1.807) is 9.47 Å². The lowest BCUT2D eigenvalue weighted by atomic mass is 10.00. The van der Waals surface area contributed by atoms with E-state index in [-0.39, 0.29) is 28.8 Å². The highest BCUT2D eigenvalue weighted by Crippen LogP contribution is 2.45. The Morgan fingerprint density at radius 1 is 1.38 bits per heavy atom. The SMILES string of the molecule is COc1c(N2CCC(C(O)c3cocn3)C2)c(F)cc2c(=O)c(C(=O)O)cn(C3CC3)c12. The average molecular weight is 443 g/mol. The minimum absolute atomic E-state index is 0.0201. The van der Waals surface area contributed by atoms with Crippen LogP contribution in [0.1, 0.15) is 47.5 Å². The Balaban J connectivity index is 1.62. The summed E-state index contributed by atoms with van der Waals surface area (Å²) < 4.78 is 27.7. The van der Waals surface area contributed by atoms with E-state index in [4.69, 9.17) is 9.15 Å². The van der Waals surface area contributed by atoms with Gasteiger partial charge in [-0.2, -0.15) is 0 Å². The fourth-order valence-corrected chi connectivity index (χ4v) is 4.58. The zero-order chi connectivity index (χ0) is 22.6. The van der Waals surface area contributed by atoms with E-state index >= 15 is 4.39 Å². The quantitative estimate of drug-likeness (QED) is 0.597. The molecule has 2 unspecified atom stereocenters. The van der Waals surface area contributed by atoms with E-state index in [9.17, 15) is 19.8 Å². The van der Waals surface area contributed by atoms with E-state index in [2.05, 4.69) is 4.98 Å². The molecule has 5 rings (SSSR count). The van der Waals surface area contributed by atoms with Crippen molar-refractivity contribution in [3.63, 3.8) is 0 Å². The zero-order valence-electron chi connectivity index (χ0n) is 17.3. The number of anilines is 1. The van der Waals surface area contributed by atoms with E-state index in [0.29, 0.717) is 30.7 Å². The van der Waals surface area contributed by atoms with Crippen molar-refractivity contribution in [2.75, 3.05) is 25.1 Å². The van der Waals surface area contributed by atoms with E-state index < -0.39 is 28.9 Å². The molecule has 2 aliphatic rings. The summed E-state index contributed by atoms with van der Waals surface area (Å²) in [6.45, 7) is 0.826. The summed E-state index contributed by atoms with van der Waals surface area (Å²) in [5.74, 6) is -2.02. The molecule has 0 spiro atoms. The molecule has 3 aromatic rings. The van der Waals surface area contributed by atoms with Gasteiger partial charge < -0.3 is 28.8 Å². The van der Waals surface area contributed by atoms with E-state index in [1.807, 2.05) is 0 Å². The summed E-state index contributed by atoms with van der Waals surface area (Å²) in [6.07, 6.45) is 5.39. The number of rotatable bonds is 6. The first-order chi connectivity index (χ1) is 15.4. The number of hydrogen-bond donors (Lipinski definition) is 2. The molecule has 0 bridgehead atoms. The van der Waals surface area contributed by atoms with Gasteiger partial charge in [-0.15, -0.1) is 0 Å². The van der Waals surface area contributed by atoms with Crippen LogP contribution in [0.25, 0.3) is 10.9 Å². The molecule has 1 saturated carbocycles. The van der Waals surface area contributed by atoms with Gasteiger partial charge in [0.2, 0.25) is 5.43 Å². The lowest BCUT2D eigenvalue weighted by molar-refractivity contribution is 0.0694. The van der Waals surface area contributed by atoms with Gasteiger partial charge in [0, 0.05) is 31.2 Å². The first kappa shape index (κ1) is 20.5. The van der Waals surface area contributed by atoms with Crippen LogP contribution in [0.3, 0.4) is 0 Å². The fourth-order valence-electron chi connectivity index (χ4n) is 4.58. The molecule has 168 valence electrons. The summed E-state index contributed by atoms with van der Waals surface area (Å²) >= 11 is 0.